The zero-order chi connectivity index (χ0) is 20.7. The highest BCUT2D eigenvalue weighted by atomic mass is 35.5. The fourth-order valence-electron chi connectivity index (χ4n) is 2.68. The minimum atomic E-state index is -3.32. The molecule has 0 aromatic heterocycles. The first kappa shape index (κ1) is 25.8. The molecule has 1 unspecified atom stereocenters. The van der Waals surface area contributed by atoms with Crippen molar-refractivity contribution in [1.82, 2.24) is 5.32 Å². The van der Waals surface area contributed by atoms with Crippen molar-refractivity contribution < 1.29 is 18.3 Å². The molecule has 0 heterocycles. The van der Waals surface area contributed by atoms with Gasteiger partial charge in [-0.05, 0) is 61.9 Å². The van der Waals surface area contributed by atoms with Crippen molar-refractivity contribution in [3.05, 3.63) is 58.1 Å². The van der Waals surface area contributed by atoms with Gasteiger partial charge in [0.05, 0.1) is 22.4 Å². The van der Waals surface area contributed by atoms with Crippen LogP contribution in [0.25, 0.3) is 0 Å². The number of aliphatic hydroxyl groups excluding tert-OH is 1. The lowest BCUT2D eigenvalue weighted by atomic mass is 10.0. The molecule has 0 aliphatic carbocycles. The third kappa shape index (κ3) is 9.42. The van der Waals surface area contributed by atoms with Crippen LogP contribution in [0.15, 0.2) is 42.5 Å². The number of benzene rings is 2. The molecule has 0 bridgehead atoms. The maximum Gasteiger partial charge on any atom is 0.229 e. The fourth-order valence-corrected chi connectivity index (χ4v) is 3.56. The molecule has 29 heavy (non-hydrogen) atoms. The molecule has 0 aliphatic heterocycles. The lowest BCUT2D eigenvalue weighted by Gasteiger charge is -2.20. The Morgan fingerprint density at radius 3 is 2.31 bits per heavy atom. The van der Waals surface area contributed by atoms with Crippen molar-refractivity contribution in [2.24, 2.45) is 0 Å². The van der Waals surface area contributed by atoms with Gasteiger partial charge in [0.2, 0.25) is 10.0 Å². The molecule has 2 atom stereocenters. The Balaban J connectivity index is 0.00000420. The van der Waals surface area contributed by atoms with Crippen LogP contribution in [0.5, 0.6) is 5.75 Å². The van der Waals surface area contributed by atoms with Crippen molar-refractivity contribution in [3.8, 4) is 5.75 Å². The summed E-state index contributed by atoms with van der Waals surface area (Å²) in [6, 6.07) is 12.0. The highest BCUT2D eigenvalue weighted by Gasteiger charge is 2.15. The van der Waals surface area contributed by atoms with E-state index in [9.17, 15) is 13.5 Å². The monoisotopic (exact) mass is 482 g/mol. The van der Waals surface area contributed by atoms with Gasteiger partial charge in [0.1, 0.15) is 12.4 Å². The van der Waals surface area contributed by atoms with E-state index in [0.29, 0.717) is 34.3 Å². The van der Waals surface area contributed by atoms with E-state index < -0.39 is 16.1 Å². The van der Waals surface area contributed by atoms with Gasteiger partial charge in [-0.2, -0.15) is 0 Å². The van der Waals surface area contributed by atoms with Gasteiger partial charge in [-0.25, -0.2) is 8.42 Å². The number of anilines is 1. The number of aliphatic hydroxyl groups is 1. The van der Waals surface area contributed by atoms with Crippen LogP contribution in [0.1, 0.15) is 12.0 Å². The highest BCUT2D eigenvalue weighted by molar-refractivity contribution is 7.92. The van der Waals surface area contributed by atoms with Crippen molar-refractivity contribution in [2.75, 3.05) is 24.6 Å². The predicted molar refractivity (Wildman–Crippen MR) is 121 cm³/mol. The number of hydrogen-bond donors (Lipinski definition) is 3. The molecule has 0 spiro atoms. The Morgan fingerprint density at radius 1 is 1.10 bits per heavy atom. The first-order chi connectivity index (χ1) is 13.2. The molecule has 2 aromatic rings. The van der Waals surface area contributed by atoms with E-state index in [2.05, 4.69) is 10.0 Å². The quantitative estimate of drug-likeness (QED) is 0.479. The first-order valence-corrected chi connectivity index (χ1v) is 11.3. The molecule has 0 fully saturated rings. The molecule has 0 saturated heterocycles. The van der Waals surface area contributed by atoms with Crippen LogP contribution in [-0.4, -0.2) is 45.6 Å². The van der Waals surface area contributed by atoms with Gasteiger partial charge in [0.25, 0.3) is 0 Å². The minimum absolute atomic E-state index is 0. The lowest BCUT2D eigenvalue weighted by Crippen LogP contribution is -2.34. The summed E-state index contributed by atoms with van der Waals surface area (Å²) >= 11 is 12.0. The molecule has 0 radical (unpaired) electrons. The van der Waals surface area contributed by atoms with Gasteiger partial charge in [-0.1, -0.05) is 29.3 Å². The topological polar surface area (TPSA) is 87.7 Å². The van der Waals surface area contributed by atoms with Crippen LogP contribution in [0, 0.1) is 0 Å². The Labute approximate surface area is 188 Å². The molecular formula is C19H25Cl3N2O4S. The van der Waals surface area contributed by atoms with Crippen molar-refractivity contribution in [2.45, 2.75) is 25.0 Å². The maximum absolute atomic E-state index is 11.2. The zero-order valence-corrected chi connectivity index (χ0v) is 19.2. The second-order valence-electron chi connectivity index (χ2n) is 6.54. The average Bonchev–Trinajstić information content (AvgIpc) is 2.62. The highest BCUT2D eigenvalue weighted by Crippen LogP contribution is 2.23. The fraction of sp³-hybridized carbons (Fsp3) is 0.368. The third-order valence-corrected chi connectivity index (χ3v) is 5.38. The number of hydrogen-bond acceptors (Lipinski definition) is 5. The van der Waals surface area contributed by atoms with E-state index in [1.54, 1.807) is 30.3 Å². The molecule has 162 valence electrons. The van der Waals surface area contributed by atoms with Gasteiger partial charge in [-0.15, -0.1) is 12.4 Å². The Bertz CT molecular complexity index is 880. The maximum atomic E-state index is 11.2. The van der Waals surface area contributed by atoms with Crippen LogP contribution < -0.4 is 14.8 Å². The van der Waals surface area contributed by atoms with E-state index in [4.69, 9.17) is 27.9 Å². The molecular weight excluding hydrogens is 459 g/mol. The number of halogens is 3. The van der Waals surface area contributed by atoms with Gasteiger partial charge in [0.15, 0.2) is 0 Å². The van der Waals surface area contributed by atoms with E-state index in [1.165, 1.54) is 0 Å². The number of rotatable bonds is 10. The van der Waals surface area contributed by atoms with E-state index in [0.717, 1.165) is 11.8 Å². The van der Waals surface area contributed by atoms with Crippen LogP contribution in [-0.2, 0) is 16.4 Å². The van der Waals surface area contributed by atoms with Crippen LogP contribution in [0.4, 0.5) is 5.69 Å². The summed E-state index contributed by atoms with van der Waals surface area (Å²) in [6.07, 6.45) is 1.60. The van der Waals surface area contributed by atoms with E-state index >= 15 is 0 Å². The normalized spacial score (nSPS) is 13.3. The summed E-state index contributed by atoms with van der Waals surface area (Å²) in [6.45, 7) is 0.123. The van der Waals surface area contributed by atoms with Gasteiger partial charge in [0, 0.05) is 11.7 Å². The van der Waals surface area contributed by atoms with Gasteiger partial charge >= 0.3 is 0 Å². The zero-order valence-electron chi connectivity index (χ0n) is 16.1. The van der Waals surface area contributed by atoms with Crippen LogP contribution >= 0.6 is 35.6 Å². The summed E-state index contributed by atoms with van der Waals surface area (Å²) in [5, 5.41) is 14.5. The number of likely N-dealkylation sites (N-methyl/N-ethyl adjacent to an activating group) is 1. The molecule has 0 saturated carbocycles. The van der Waals surface area contributed by atoms with E-state index in [1.807, 2.05) is 19.2 Å². The molecule has 3 N–H and O–H groups in total. The summed E-state index contributed by atoms with van der Waals surface area (Å²) in [4.78, 5) is 0. The van der Waals surface area contributed by atoms with Crippen molar-refractivity contribution in [1.29, 1.82) is 0 Å². The largest absolute Gasteiger partial charge is 0.491 e. The summed E-state index contributed by atoms with van der Waals surface area (Å²) in [5.41, 5.74) is 1.48. The average molecular weight is 484 g/mol. The predicted octanol–water partition coefficient (Wildman–Crippen LogP) is 3.75. The molecule has 10 heteroatoms. The van der Waals surface area contributed by atoms with Crippen LogP contribution in [0.3, 0.4) is 0 Å². The molecule has 2 aromatic carbocycles. The smallest absolute Gasteiger partial charge is 0.229 e. The molecule has 6 nitrogen and oxygen atoms in total. The summed E-state index contributed by atoms with van der Waals surface area (Å²) < 4.78 is 30.4. The number of ether oxygens (including phenoxy) is 1. The van der Waals surface area contributed by atoms with Crippen molar-refractivity contribution >= 4 is 51.3 Å². The Kier molecular flexibility index (Phi) is 10.5. The van der Waals surface area contributed by atoms with Gasteiger partial charge < -0.3 is 15.2 Å². The summed E-state index contributed by atoms with van der Waals surface area (Å²) in [5.74, 6) is 0.545. The standard InChI is InChI=1S/C19H24Cl2N2O4S.ClH/c1-22-15(9-13-3-8-18(20)19(21)10-13)11-16(24)12-27-17-6-4-14(5-7-17)23-28(2,25)26;/h3-8,10,15-16,22-24H,9,11-12H2,1-2H3;1H/t15?,16-;/m0./s1. The molecule has 0 aliphatic rings. The SMILES string of the molecule is CNC(Cc1ccc(Cl)c(Cl)c1)C[C@H](O)COc1ccc(NS(C)(=O)=O)cc1.Cl. The second-order valence-corrected chi connectivity index (χ2v) is 9.10. The van der Waals surface area contributed by atoms with E-state index in [-0.39, 0.29) is 25.1 Å². The second kappa shape index (κ2) is 11.8. The lowest BCUT2D eigenvalue weighted by molar-refractivity contribution is 0.0909. The van der Waals surface area contributed by atoms with Crippen LogP contribution in [0.2, 0.25) is 10.0 Å². The Morgan fingerprint density at radius 2 is 1.76 bits per heavy atom. The molecule has 0 amide bonds. The minimum Gasteiger partial charge on any atom is -0.491 e. The number of nitrogens with one attached hydrogen (secondary N) is 2. The van der Waals surface area contributed by atoms with Crippen molar-refractivity contribution in [3.63, 3.8) is 0 Å². The number of sulfonamides is 1. The Hall–Kier alpha value is -1.22. The first-order valence-electron chi connectivity index (χ1n) is 8.66. The summed E-state index contributed by atoms with van der Waals surface area (Å²) in [7, 11) is -1.48. The third-order valence-electron chi connectivity index (χ3n) is 4.03. The van der Waals surface area contributed by atoms with Gasteiger partial charge in [-0.3, -0.25) is 4.72 Å². The molecule has 2 rings (SSSR count).